The molecular weight excluding hydrogens is 271 g/mol. The molecule has 1 aliphatic heterocycles. The van der Waals surface area contributed by atoms with E-state index in [0.29, 0.717) is 47.7 Å². The van der Waals surface area contributed by atoms with Gasteiger partial charge < -0.3 is 15.6 Å². The van der Waals surface area contributed by atoms with Crippen LogP contribution in [0.15, 0.2) is 24.3 Å². The van der Waals surface area contributed by atoms with Gasteiger partial charge in [-0.2, -0.15) is 5.26 Å². The lowest BCUT2D eigenvalue weighted by molar-refractivity contribution is 0.0999. The number of primary amides is 1. The average molecular weight is 284 g/mol. The third-order valence-electron chi connectivity index (χ3n) is 3.64. The molecule has 0 unspecified atom stereocenters. The number of nitrogens with one attached hydrogen (secondary N) is 1. The second-order valence-corrected chi connectivity index (χ2v) is 4.86. The van der Waals surface area contributed by atoms with Crippen LogP contribution in [0.2, 0.25) is 0 Å². The normalized spacial score (nSPS) is 13.5. The topological polar surface area (TPSA) is 83.8 Å². The molecule has 0 bridgehead atoms. The van der Waals surface area contributed by atoms with Crippen molar-refractivity contribution in [3.05, 3.63) is 47.0 Å². The van der Waals surface area contributed by atoms with E-state index in [1.165, 1.54) is 12.1 Å². The van der Waals surface area contributed by atoms with Gasteiger partial charge in [-0.25, -0.2) is 4.39 Å². The van der Waals surface area contributed by atoms with Crippen molar-refractivity contribution in [2.24, 2.45) is 5.73 Å². The lowest BCUT2D eigenvalue weighted by Gasteiger charge is -2.17. The summed E-state index contributed by atoms with van der Waals surface area (Å²) in [6.45, 7) is 1.74. The Hall–Kier alpha value is -2.65. The van der Waals surface area contributed by atoms with Crippen molar-refractivity contribution in [2.75, 3.05) is 6.54 Å². The zero-order valence-electron chi connectivity index (χ0n) is 11.2. The molecule has 5 nitrogen and oxygen atoms in total. The van der Waals surface area contributed by atoms with Gasteiger partial charge in [0.2, 0.25) is 0 Å². The van der Waals surface area contributed by atoms with Crippen molar-refractivity contribution in [3.63, 3.8) is 0 Å². The Morgan fingerprint density at radius 2 is 2.29 bits per heavy atom. The van der Waals surface area contributed by atoms with Gasteiger partial charge in [0.25, 0.3) is 5.91 Å². The third kappa shape index (κ3) is 2.08. The van der Waals surface area contributed by atoms with Crippen molar-refractivity contribution in [3.8, 4) is 17.2 Å². The molecule has 1 aliphatic rings. The standard InChI is InChI=1S/C15H13FN4O/c16-10-3-1-2-9(6-10)13-11(7-17)20-5-4-19-8-12(20)14(13)15(18)21/h1-3,6,19H,4-5,8H2,(H2,18,21). The molecule has 1 aromatic carbocycles. The summed E-state index contributed by atoms with van der Waals surface area (Å²) < 4.78 is 15.3. The van der Waals surface area contributed by atoms with E-state index in [-0.39, 0.29) is 0 Å². The summed E-state index contributed by atoms with van der Waals surface area (Å²) in [4.78, 5) is 11.9. The molecule has 1 aromatic heterocycles. The molecule has 0 radical (unpaired) electrons. The van der Waals surface area contributed by atoms with Gasteiger partial charge in [0, 0.05) is 30.9 Å². The summed E-state index contributed by atoms with van der Waals surface area (Å²) in [5, 5.41) is 12.6. The maximum atomic E-state index is 13.5. The van der Waals surface area contributed by atoms with Gasteiger partial charge in [-0.15, -0.1) is 0 Å². The minimum Gasteiger partial charge on any atom is -0.366 e. The maximum Gasteiger partial charge on any atom is 0.251 e. The van der Waals surface area contributed by atoms with E-state index < -0.39 is 11.7 Å². The van der Waals surface area contributed by atoms with Crippen LogP contribution in [0.4, 0.5) is 4.39 Å². The number of amides is 1. The summed E-state index contributed by atoms with van der Waals surface area (Å²) in [6.07, 6.45) is 0. The number of nitrogens with zero attached hydrogens (tertiary/aromatic N) is 2. The highest BCUT2D eigenvalue weighted by molar-refractivity contribution is 6.02. The summed E-state index contributed by atoms with van der Waals surface area (Å²) in [7, 11) is 0. The number of nitrogens with two attached hydrogens (primary N) is 1. The van der Waals surface area contributed by atoms with Crippen molar-refractivity contribution in [1.82, 2.24) is 9.88 Å². The number of aromatic nitrogens is 1. The molecule has 21 heavy (non-hydrogen) atoms. The molecule has 0 spiro atoms. The molecule has 0 saturated carbocycles. The number of carbonyl (C=O) groups is 1. The fourth-order valence-corrected chi connectivity index (χ4v) is 2.80. The predicted molar refractivity (Wildman–Crippen MR) is 74.8 cm³/mol. The fourth-order valence-electron chi connectivity index (χ4n) is 2.80. The highest BCUT2D eigenvalue weighted by Crippen LogP contribution is 2.33. The number of rotatable bonds is 2. The predicted octanol–water partition coefficient (Wildman–Crippen LogP) is 1.37. The molecular formula is C15H13FN4O. The monoisotopic (exact) mass is 284 g/mol. The SMILES string of the molecule is N#Cc1c(-c2cccc(F)c2)c(C(N)=O)c2n1CCNC2. The van der Waals surface area contributed by atoms with Crippen molar-refractivity contribution in [1.29, 1.82) is 5.26 Å². The molecule has 3 N–H and O–H groups in total. The van der Waals surface area contributed by atoms with E-state index in [0.717, 1.165) is 0 Å². The highest BCUT2D eigenvalue weighted by Gasteiger charge is 2.28. The van der Waals surface area contributed by atoms with Crippen molar-refractivity contribution < 1.29 is 9.18 Å². The molecule has 2 heterocycles. The van der Waals surface area contributed by atoms with Crippen LogP contribution in [-0.4, -0.2) is 17.0 Å². The molecule has 0 saturated heterocycles. The van der Waals surface area contributed by atoms with Gasteiger partial charge >= 0.3 is 0 Å². The van der Waals surface area contributed by atoms with Crippen molar-refractivity contribution in [2.45, 2.75) is 13.1 Å². The highest BCUT2D eigenvalue weighted by atomic mass is 19.1. The summed E-state index contributed by atoms with van der Waals surface area (Å²) >= 11 is 0. The van der Waals surface area contributed by atoms with E-state index in [4.69, 9.17) is 5.73 Å². The van der Waals surface area contributed by atoms with Crippen LogP contribution < -0.4 is 11.1 Å². The molecule has 0 atom stereocenters. The number of fused-ring (bicyclic) bond motifs is 1. The Morgan fingerprint density at radius 1 is 1.48 bits per heavy atom. The van der Waals surface area contributed by atoms with Crippen LogP contribution in [0, 0.1) is 17.1 Å². The number of carbonyl (C=O) groups excluding carboxylic acids is 1. The number of hydrogen-bond acceptors (Lipinski definition) is 3. The van der Waals surface area contributed by atoms with Crippen LogP contribution in [0.3, 0.4) is 0 Å². The second-order valence-electron chi connectivity index (χ2n) is 4.86. The summed E-state index contributed by atoms with van der Waals surface area (Å²) in [5.41, 5.74) is 7.74. The van der Waals surface area contributed by atoms with Crippen LogP contribution in [0.5, 0.6) is 0 Å². The van der Waals surface area contributed by atoms with Gasteiger partial charge in [0.15, 0.2) is 0 Å². The van der Waals surface area contributed by atoms with Gasteiger partial charge in [-0.3, -0.25) is 4.79 Å². The van der Waals surface area contributed by atoms with Gasteiger partial charge in [0.05, 0.1) is 5.56 Å². The van der Waals surface area contributed by atoms with Crippen LogP contribution >= 0.6 is 0 Å². The number of halogens is 1. The molecule has 3 rings (SSSR count). The Labute approximate surface area is 120 Å². The Bertz CT molecular complexity index is 773. The fraction of sp³-hybridized carbons (Fsp3) is 0.200. The van der Waals surface area contributed by atoms with Crippen LogP contribution in [0.1, 0.15) is 21.7 Å². The lowest BCUT2D eigenvalue weighted by atomic mass is 9.99. The van der Waals surface area contributed by atoms with Gasteiger partial charge in [0.1, 0.15) is 17.6 Å². The minimum atomic E-state index is -0.608. The Kier molecular flexibility index (Phi) is 3.20. The van der Waals surface area contributed by atoms with Gasteiger partial charge in [-0.1, -0.05) is 12.1 Å². The maximum absolute atomic E-state index is 13.5. The molecule has 0 aliphatic carbocycles. The smallest absolute Gasteiger partial charge is 0.251 e. The average Bonchev–Trinajstić information content (AvgIpc) is 2.81. The number of hydrogen-bond donors (Lipinski definition) is 2. The largest absolute Gasteiger partial charge is 0.366 e. The Morgan fingerprint density at radius 3 is 2.95 bits per heavy atom. The van der Waals surface area contributed by atoms with Crippen molar-refractivity contribution >= 4 is 5.91 Å². The third-order valence-corrected chi connectivity index (χ3v) is 3.64. The minimum absolute atomic E-state index is 0.296. The summed E-state index contributed by atoms with van der Waals surface area (Å²) in [5.74, 6) is -1.03. The number of benzene rings is 1. The first-order valence-corrected chi connectivity index (χ1v) is 6.55. The van der Waals surface area contributed by atoms with Crippen LogP contribution in [-0.2, 0) is 13.1 Å². The van der Waals surface area contributed by atoms with Crippen LogP contribution in [0.25, 0.3) is 11.1 Å². The molecule has 106 valence electrons. The second kappa shape index (κ2) is 5.04. The van der Waals surface area contributed by atoms with E-state index >= 15 is 0 Å². The first-order valence-electron chi connectivity index (χ1n) is 6.55. The zero-order valence-corrected chi connectivity index (χ0v) is 11.2. The Balaban J connectivity index is 2.35. The summed E-state index contributed by atoms with van der Waals surface area (Å²) in [6, 6.07) is 7.96. The molecule has 2 aromatic rings. The lowest BCUT2D eigenvalue weighted by Crippen LogP contribution is -2.30. The first kappa shape index (κ1) is 13.3. The van der Waals surface area contributed by atoms with E-state index in [2.05, 4.69) is 11.4 Å². The van der Waals surface area contributed by atoms with E-state index in [1.807, 2.05) is 0 Å². The molecule has 6 heteroatoms. The molecule has 1 amide bonds. The van der Waals surface area contributed by atoms with E-state index in [9.17, 15) is 14.4 Å². The zero-order chi connectivity index (χ0) is 15.0. The van der Waals surface area contributed by atoms with E-state index in [1.54, 1.807) is 16.7 Å². The number of nitriles is 1. The van der Waals surface area contributed by atoms with Gasteiger partial charge in [-0.05, 0) is 17.7 Å². The first-order chi connectivity index (χ1) is 10.1. The quantitative estimate of drug-likeness (QED) is 0.873. The molecule has 0 fully saturated rings.